The lowest BCUT2D eigenvalue weighted by Crippen LogP contribution is -2.70. The molecule has 0 spiro atoms. The average molecular weight is 991 g/mol. The smallest absolute Gasteiger partial charge is 0.410 e. The molecule has 4 aliphatic rings. The van der Waals surface area contributed by atoms with Crippen LogP contribution in [0, 0.1) is 27.9 Å². The number of fused-ring (bicyclic) bond motifs is 2. The van der Waals surface area contributed by atoms with Crippen molar-refractivity contribution >= 4 is 17.5 Å². The van der Waals surface area contributed by atoms with Crippen LogP contribution < -0.4 is 9.47 Å². The lowest BCUT2D eigenvalue weighted by atomic mass is 9.55. The highest BCUT2D eigenvalue weighted by Crippen LogP contribution is 2.62. The first-order valence-corrected chi connectivity index (χ1v) is 26.7. The van der Waals surface area contributed by atoms with E-state index in [1.54, 1.807) is 23.1 Å². The summed E-state index contributed by atoms with van der Waals surface area (Å²) in [6.45, 7) is 10.4. The van der Waals surface area contributed by atoms with Gasteiger partial charge in [0.1, 0.15) is 30.8 Å². The Kier molecular flexibility index (Phi) is 23.4. The number of unbranched alkanes of at least 4 members (excludes halogenated alkanes) is 11. The predicted molar refractivity (Wildman–Crippen MR) is 273 cm³/mol. The minimum absolute atomic E-state index is 0.0156. The van der Waals surface area contributed by atoms with E-state index in [1.165, 1.54) is 50.7 Å². The molecule has 0 unspecified atom stereocenters. The number of ether oxygens (including phenoxy) is 5. The van der Waals surface area contributed by atoms with Crippen molar-refractivity contribution in [3.63, 3.8) is 0 Å². The molecule has 2 aromatic carbocycles. The van der Waals surface area contributed by atoms with Crippen LogP contribution in [-0.2, 0) is 25.7 Å². The van der Waals surface area contributed by atoms with Crippen molar-refractivity contribution in [3.8, 4) is 11.5 Å². The normalized spacial score (nSPS) is 22.7. The highest BCUT2D eigenvalue weighted by molar-refractivity contribution is 6.03. The minimum Gasteiger partial charge on any atom is -0.492 e. The van der Waals surface area contributed by atoms with Gasteiger partial charge in [-0.2, -0.15) is 0 Å². The van der Waals surface area contributed by atoms with Crippen molar-refractivity contribution in [1.82, 2.24) is 9.80 Å². The second kappa shape index (κ2) is 29.8. The van der Waals surface area contributed by atoms with Gasteiger partial charge in [-0.25, -0.2) is 4.79 Å². The molecule has 0 bridgehead atoms. The lowest BCUT2D eigenvalue weighted by Gasteiger charge is -2.59. The van der Waals surface area contributed by atoms with Gasteiger partial charge in [0.2, 0.25) is 5.79 Å². The number of amides is 1. The molecule has 0 radical (unpaired) electrons. The Morgan fingerprint density at radius 1 is 0.901 bits per heavy atom. The van der Waals surface area contributed by atoms with Crippen LogP contribution >= 0.6 is 0 Å². The van der Waals surface area contributed by atoms with Gasteiger partial charge in [0.25, 0.3) is 5.69 Å². The fourth-order valence-electron chi connectivity index (χ4n) is 10.8. The molecule has 71 heavy (non-hydrogen) atoms. The van der Waals surface area contributed by atoms with Gasteiger partial charge in [-0.3, -0.25) is 19.9 Å². The molecule has 2 fully saturated rings. The zero-order valence-electron chi connectivity index (χ0n) is 42.3. The number of non-ortho nitro benzene ring substituents is 1. The number of aliphatic hydroxyl groups is 3. The average Bonchev–Trinajstić information content (AvgIpc) is 4.21. The molecule has 3 N–H and O–H groups in total. The van der Waals surface area contributed by atoms with Crippen molar-refractivity contribution in [1.29, 1.82) is 0 Å². The summed E-state index contributed by atoms with van der Waals surface area (Å²) in [4.78, 5) is 36.0. The molecule has 2 aliphatic carbocycles. The van der Waals surface area contributed by atoms with Crippen LogP contribution in [0.5, 0.6) is 11.5 Å². The van der Waals surface area contributed by atoms with Gasteiger partial charge in [-0.1, -0.05) is 94.9 Å². The third kappa shape index (κ3) is 16.0. The maximum atomic E-state index is 14.8. The number of rotatable bonds is 36. The first-order valence-electron chi connectivity index (χ1n) is 26.7. The van der Waals surface area contributed by atoms with Crippen LogP contribution in [0.3, 0.4) is 0 Å². The molecule has 2 aliphatic heterocycles. The zero-order chi connectivity index (χ0) is 50.3. The van der Waals surface area contributed by atoms with Gasteiger partial charge >= 0.3 is 6.09 Å². The van der Waals surface area contributed by atoms with E-state index in [0.717, 1.165) is 87.9 Å². The molecule has 394 valence electrons. The van der Waals surface area contributed by atoms with E-state index in [0.29, 0.717) is 36.5 Å². The van der Waals surface area contributed by atoms with Gasteiger partial charge in [0, 0.05) is 69.4 Å². The summed E-state index contributed by atoms with van der Waals surface area (Å²) in [5.74, 6) is -0.927. The molecular formula is C55H82N4O12. The summed E-state index contributed by atoms with van der Waals surface area (Å²) in [6.07, 6.45) is 19.4. The molecule has 6 rings (SSSR count). The Bertz CT molecular complexity index is 2000. The number of oxime groups is 1. The third-order valence-corrected chi connectivity index (χ3v) is 14.5. The Balaban J connectivity index is 1.42. The van der Waals surface area contributed by atoms with E-state index in [2.05, 4.69) is 30.5 Å². The SMILES string of the molecule is C=CCO[C@@]12Oc3ccc(OCCN4CC4)cc3[C@H]3[C@H](CCCCO)[C@@H](CCCCO)C=C(C(=NOCc4ccc([N+](=O)[O-])cc4)C[C@@H]1N(CCOCCO)C(=O)OCCCCCCCCCCCC)[C@H]32. The highest BCUT2D eigenvalue weighted by Gasteiger charge is 2.65. The number of allylic oxidation sites excluding steroid dienone is 1. The largest absolute Gasteiger partial charge is 0.492 e. The molecule has 2 heterocycles. The Morgan fingerprint density at radius 3 is 2.30 bits per heavy atom. The number of nitrogens with zero attached hydrogens (tertiary/aromatic N) is 4. The molecular weight excluding hydrogens is 909 g/mol. The third-order valence-electron chi connectivity index (χ3n) is 14.5. The second-order valence-corrected chi connectivity index (χ2v) is 19.5. The number of carbonyl (C=O) groups is 1. The summed E-state index contributed by atoms with van der Waals surface area (Å²) in [7, 11) is 0. The Morgan fingerprint density at radius 2 is 1.62 bits per heavy atom. The van der Waals surface area contributed by atoms with Crippen LogP contribution in [0.2, 0.25) is 0 Å². The molecule has 1 amide bonds. The van der Waals surface area contributed by atoms with E-state index in [1.807, 2.05) is 12.1 Å². The number of hydrogen-bond acceptors (Lipinski definition) is 14. The molecule has 0 aromatic heterocycles. The van der Waals surface area contributed by atoms with Gasteiger partial charge in [-0.05, 0) is 85.4 Å². The number of nitro benzene ring substituents is 1. The number of hydrogen-bond donors (Lipinski definition) is 3. The summed E-state index contributed by atoms with van der Waals surface area (Å²) in [6, 6.07) is 11.3. The minimum atomic E-state index is -1.50. The topological polar surface area (TPSA) is 195 Å². The van der Waals surface area contributed by atoms with E-state index in [-0.39, 0.29) is 89.3 Å². The Hall–Kier alpha value is -4.58. The van der Waals surface area contributed by atoms with Gasteiger partial charge < -0.3 is 43.8 Å². The first-order chi connectivity index (χ1) is 34.8. The van der Waals surface area contributed by atoms with Crippen LogP contribution in [0.4, 0.5) is 10.5 Å². The van der Waals surface area contributed by atoms with Crippen molar-refractivity contribution in [3.05, 3.63) is 88.0 Å². The van der Waals surface area contributed by atoms with E-state index < -0.39 is 28.8 Å². The zero-order valence-corrected chi connectivity index (χ0v) is 42.3. The Labute approximate surface area is 421 Å². The number of nitro groups is 1. The maximum Gasteiger partial charge on any atom is 0.410 e. The van der Waals surface area contributed by atoms with Gasteiger partial charge in [-0.15, -0.1) is 6.58 Å². The van der Waals surface area contributed by atoms with Crippen LogP contribution in [-0.4, -0.2) is 133 Å². The van der Waals surface area contributed by atoms with Crippen LogP contribution in [0.25, 0.3) is 0 Å². The van der Waals surface area contributed by atoms with Crippen LogP contribution in [0.15, 0.2) is 71.9 Å². The fraction of sp³-hybridized carbons (Fsp3) is 0.673. The van der Waals surface area contributed by atoms with Gasteiger partial charge in [0.05, 0.1) is 49.6 Å². The quantitative estimate of drug-likeness (QED) is 0.0192. The summed E-state index contributed by atoms with van der Waals surface area (Å²) in [5.41, 5.74) is 3.10. The first kappa shape index (κ1) is 55.7. The van der Waals surface area contributed by atoms with Crippen molar-refractivity contribution in [2.45, 2.75) is 140 Å². The number of carbonyl (C=O) groups excluding carboxylic acids is 1. The van der Waals surface area contributed by atoms with Crippen LogP contribution in [0.1, 0.15) is 133 Å². The summed E-state index contributed by atoms with van der Waals surface area (Å²) >= 11 is 0. The van der Waals surface area contributed by atoms with E-state index >= 15 is 0 Å². The molecule has 6 atom stereocenters. The molecule has 2 aromatic rings. The maximum absolute atomic E-state index is 14.8. The predicted octanol–water partition coefficient (Wildman–Crippen LogP) is 9.49. The second-order valence-electron chi connectivity index (χ2n) is 19.5. The molecule has 1 saturated heterocycles. The van der Waals surface area contributed by atoms with Crippen molar-refractivity contribution < 1.29 is 53.6 Å². The molecule has 16 heteroatoms. The molecule has 1 saturated carbocycles. The fourth-order valence-corrected chi connectivity index (χ4v) is 10.8. The summed E-state index contributed by atoms with van der Waals surface area (Å²) < 4.78 is 32.9. The van der Waals surface area contributed by atoms with Gasteiger partial charge in [0.15, 0.2) is 0 Å². The number of benzene rings is 2. The number of aliphatic hydroxyl groups excluding tert-OH is 3. The van der Waals surface area contributed by atoms with E-state index in [4.69, 9.17) is 33.7 Å². The standard InChI is InChI=1S/C55H82N4O12/c1-3-5-6-7-8-9-10-11-12-17-34-68-54(63)58(29-35-66-37-32-62)51-40-49(56-70-41-42-20-22-44(23-21-42)59(64)65)47-38-43(18-13-15-30-60)46(19-14-16-31-61)52-48-39-45(67-36-28-57-26-27-57)24-25-50(48)71-55(51,53(47)52)69-33-4-2/h4,20-25,38-39,43,46,51-53,60-62H,2-3,5-19,26-37,40-41H2,1H3/t43-,46+,51-,52+,53+,55+/m0/s1. The van der Waals surface area contributed by atoms with Crippen molar-refractivity contribution in [2.24, 2.45) is 22.9 Å². The highest BCUT2D eigenvalue weighted by atomic mass is 16.7. The van der Waals surface area contributed by atoms with E-state index in [9.17, 15) is 30.2 Å². The van der Waals surface area contributed by atoms with Crippen molar-refractivity contribution in [2.75, 3.05) is 79.0 Å². The monoisotopic (exact) mass is 991 g/mol. The lowest BCUT2D eigenvalue weighted by molar-refractivity contribution is -0.384. The summed E-state index contributed by atoms with van der Waals surface area (Å²) in [5, 5.41) is 46.0. The molecule has 16 nitrogen and oxygen atoms in total.